The third-order valence-electron chi connectivity index (χ3n) is 3.22. The lowest BCUT2D eigenvalue weighted by molar-refractivity contribution is 0.347. The SMILES string of the molecule is O=P(O)(O)CC(c1ccccc1-c1ccccc1)P(=O)(O)O. The van der Waals surface area contributed by atoms with Crippen LogP contribution < -0.4 is 0 Å². The number of hydrogen-bond donors (Lipinski definition) is 4. The van der Waals surface area contributed by atoms with Crippen molar-refractivity contribution in [3.63, 3.8) is 0 Å². The summed E-state index contributed by atoms with van der Waals surface area (Å²) in [5.74, 6) is 0. The van der Waals surface area contributed by atoms with Crippen LogP contribution in [0.3, 0.4) is 0 Å². The van der Waals surface area contributed by atoms with Gasteiger partial charge in [0.2, 0.25) is 0 Å². The molecular formula is C14H16O6P2. The molecule has 0 aliphatic rings. The lowest BCUT2D eigenvalue weighted by atomic mass is 9.98. The van der Waals surface area contributed by atoms with Crippen molar-refractivity contribution in [1.82, 2.24) is 0 Å². The normalized spacial score (nSPS) is 13.8. The molecule has 0 bridgehead atoms. The smallest absolute Gasteiger partial charge is 0.324 e. The molecule has 0 radical (unpaired) electrons. The van der Waals surface area contributed by atoms with E-state index in [1.54, 1.807) is 42.5 Å². The third kappa shape index (κ3) is 4.37. The van der Waals surface area contributed by atoms with Gasteiger partial charge in [0.1, 0.15) is 0 Å². The van der Waals surface area contributed by atoms with Crippen molar-refractivity contribution in [2.24, 2.45) is 0 Å². The Kier molecular flexibility index (Phi) is 5.03. The second-order valence-corrected chi connectivity index (χ2v) is 8.40. The summed E-state index contributed by atoms with van der Waals surface area (Å²) in [6.07, 6.45) is -0.902. The Morgan fingerprint density at radius 2 is 1.36 bits per heavy atom. The molecular weight excluding hydrogens is 326 g/mol. The highest BCUT2D eigenvalue weighted by Crippen LogP contribution is 2.58. The zero-order valence-electron chi connectivity index (χ0n) is 11.5. The van der Waals surface area contributed by atoms with E-state index in [0.29, 0.717) is 5.56 Å². The molecule has 0 amide bonds. The zero-order valence-corrected chi connectivity index (χ0v) is 13.3. The van der Waals surface area contributed by atoms with Crippen molar-refractivity contribution in [2.45, 2.75) is 5.66 Å². The van der Waals surface area contributed by atoms with Gasteiger partial charge in [0.25, 0.3) is 0 Å². The van der Waals surface area contributed by atoms with Gasteiger partial charge in [-0.05, 0) is 16.7 Å². The van der Waals surface area contributed by atoms with Gasteiger partial charge in [-0.15, -0.1) is 0 Å². The van der Waals surface area contributed by atoms with Crippen LogP contribution in [0, 0.1) is 0 Å². The van der Waals surface area contributed by atoms with Crippen LogP contribution in [0.25, 0.3) is 11.1 Å². The van der Waals surface area contributed by atoms with E-state index in [9.17, 15) is 18.9 Å². The molecule has 0 aromatic heterocycles. The van der Waals surface area contributed by atoms with Gasteiger partial charge in [-0.25, -0.2) is 0 Å². The molecule has 8 heteroatoms. The molecule has 118 valence electrons. The standard InChI is InChI=1S/C14H16O6P2/c15-21(16,17)10-14(22(18,19)20)13-9-5-4-8-12(13)11-6-2-1-3-7-11/h1-9,14H,10H2,(H2,15,16,17)(H2,18,19,20). The van der Waals surface area contributed by atoms with E-state index in [1.807, 2.05) is 6.07 Å². The Morgan fingerprint density at radius 3 is 1.91 bits per heavy atom. The molecule has 0 fully saturated rings. The summed E-state index contributed by atoms with van der Waals surface area (Å²) < 4.78 is 23.0. The molecule has 2 rings (SSSR count). The molecule has 2 aromatic carbocycles. The first kappa shape index (κ1) is 17.1. The van der Waals surface area contributed by atoms with Crippen molar-refractivity contribution in [2.75, 3.05) is 6.16 Å². The molecule has 1 atom stereocenters. The monoisotopic (exact) mass is 342 g/mol. The average molecular weight is 342 g/mol. The van der Waals surface area contributed by atoms with Crippen molar-refractivity contribution in [1.29, 1.82) is 0 Å². The van der Waals surface area contributed by atoms with Crippen LogP contribution in [0.4, 0.5) is 0 Å². The van der Waals surface area contributed by atoms with Gasteiger partial charge in [-0.3, -0.25) is 9.13 Å². The van der Waals surface area contributed by atoms with E-state index < -0.39 is 27.0 Å². The predicted molar refractivity (Wildman–Crippen MR) is 83.6 cm³/mol. The lowest BCUT2D eigenvalue weighted by Gasteiger charge is -2.22. The van der Waals surface area contributed by atoms with Gasteiger partial charge in [0.15, 0.2) is 0 Å². The van der Waals surface area contributed by atoms with Crippen LogP contribution in [-0.2, 0) is 9.13 Å². The molecule has 0 saturated heterocycles. The molecule has 6 nitrogen and oxygen atoms in total. The summed E-state index contributed by atoms with van der Waals surface area (Å²) >= 11 is 0. The number of benzene rings is 2. The number of hydrogen-bond acceptors (Lipinski definition) is 2. The summed E-state index contributed by atoms with van der Waals surface area (Å²) in [5.41, 5.74) is -0.0535. The maximum absolute atomic E-state index is 11.7. The molecule has 2 aromatic rings. The van der Waals surface area contributed by atoms with Crippen LogP contribution >= 0.6 is 15.2 Å². The summed E-state index contributed by atoms with van der Waals surface area (Å²) in [5, 5.41) is 0. The Hall–Kier alpha value is -1.26. The molecule has 0 spiro atoms. The van der Waals surface area contributed by atoms with Gasteiger partial charge in [-0.1, -0.05) is 54.6 Å². The maximum Gasteiger partial charge on any atom is 0.333 e. The molecule has 0 saturated carbocycles. The van der Waals surface area contributed by atoms with Gasteiger partial charge in [-0.2, -0.15) is 0 Å². The Labute approximate surface area is 127 Å². The highest BCUT2D eigenvalue weighted by molar-refractivity contribution is 7.56. The molecule has 1 unspecified atom stereocenters. The predicted octanol–water partition coefficient (Wildman–Crippen LogP) is 2.75. The minimum atomic E-state index is -4.73. The van der Waals surface area contributed by atoms with E-state index in [0.717, 1.165) is 5.56 Å². The van der Waals surface area contributed by atoms with E-state index >= 15 is 0 Å². The van der Waals surface area contributed by atoms with Gasteiger partial charge >= 0.3 is 15.2 Å². The fraction of sp³-hybridized carbons (Fsp3) is 0.143. The van der Waals surface area contributed by atoms with E-state index in [2.05, 4.69) is 0 Å². The van der Waals surface area contributed by atoms with Gasteiger partial charge in [0.05, 0.1) is 11.8 Å². The maximum atomic E-state index is 11.7. The summed E-state index contributed by atoms with van der Waals surface area (Å²) in [4.78, 5) is 37.4. The van der Waals surface area contributed by atoms with Crippen LogP contribution in [0.1, 0.15) is 11.2 Å². The topological polar surface area (TPSA) is 115 Å². The minimum absolute atomic E-state index is 0.227. The van der Waals surface area contributed by atoms with E-state index in [-0.39, 0.29) is 5.56 Å². The van der Waals surface area contributed by atoms with Crippen molar-refractivity contribution in [3.8, 4) is 11.1 Å². The van der Waals surface area contributed by atoms with Crippen LogP contribution in [0.5, 0.6) is 0 Å². The summed E-state index contributed by atoms with van der Waals surface area (Å²) in [7, 11) is -9.32. The molecule has 0 aliphatic heterocycles. The molecule has 0 aliphatic carbocycles. The number of rotatable bonds is 5. The van der Waals surface area contributed by atoms with Crippen LogP contribution in [-0.4, -0.2) is 25.7 Å². The van der Waals surface area contributed by atoms with E-state index in [4.69, 9.17) is 9.79 Å². The first-order valence-corrected chi connectivity index (χ1v) is 9.90. The Balaban J connectivity index is 2.58. The quantitative estimate of drug-likeness (QED) is 0.621. The average Bonchev–Trinajstić information content (AvgIpc) is 2.44. The zero-order chi connectivity index (χ0) is 16.4. The van der Waals surface area contributed by atoms with E-state index in [1.165, 1.54) is 6.07 Å². The van der Waals surface area contributed by atoms with Crippen molar-refractivity contribution < 1.29 is 28.7 Å². The van der Waals surface area contributed by atoms with Gasteiger partial charge < -0.3 is 19.6 Å². The highest BCUT2D eigenvalue weighted by Gasteiger charge is 2.37. The Bertz CT molecular complexity index is 734. The van der Waals surface area contributed by atoms with Crippen LogP contribution in [0.15, 0.2) is 54.6 Å². The fourth-order valence-corrected chi connectivity index (χ4v) is 5.00. The third-order valence-corrected chi connectivity index (χ3v) is 5.62. The second kappa shape index (κ2) is 6.47. The Morgan fingerprint density at radius 1 is 0.818 bits per heavy atom. The summed E-state index contributed by atoms with van der Waals surface area (Å²) in [6, 6.07) is 15.4. The van der Waals surface area contributed by atoms with Crippen molar-refractivity contribution >= 4 is 15.2 Å². The molecule has 4 N–H and O–H groups in total. The highest BCUT2D eigenvalue weighted by atomic mass is 31.2. The first-order valence-electron chi connectivity index (χ1n) is 6.42. The van der Waals surface area contributed by atoms with Gasteiger partial charge in [0, 0.05) is 0 Å². The fourth-order valence-electron chi connectivity index (χ4n) is 2.28. The first-order chi connectivity index (χ1) is 10.2. The molecule has 22 heavy (non-hydrogen) atoms. The van der Waals surface area contributed by atoms with Crippen molar-refractivity contribution in [3.05, 3.63) is 60.2 Å². The largest absolute Gasteiger partial charge is 0.333 e. The summed E-state index contributed by atoms with van der Waals surface area (Å²) in [6.45, 7) is 0. The minimum Gasteiger partial charge on any atom is -0.324 e. The molecule has 0 heterocycles. The lowest BCUT2D eigenvalue weighted by Crippen LogP contribution is -2.07. The second-order valence-electron chi connectivity index (χ2n) is 4.91. The van der Waals surface area contributed by atoms with Crippen LogP contribution in [0.2, 0.25) is 0 Å².